The zero-order valence-corrected chi connectivity index (χ0v) is 14.4. The average Bonchev–Trinajstić information content (AvgIpc) is 2.62. The van der Waals surface area contributed by atoms with Gasteiger partial charge in [0.25, 0.3) is 0 Å². The third-order valence-electron chi connectivity index (χ3n) is 5.51. The van der Waals surface area contributed by atoms with Crippen LogP contribution < -0.4 is 4.74 Å². The number of hydrogen-bond donors (Lipinski definition) is 0. The molecule has 5 rings (SSSR count). The van der Waals surface area contributed by atoms with Gasteiger partial charge in [-0.1, -0.05) is 0 Å². The van der Waals surface area contributed by atoms with Crippen molar-refractivity contribution in [3.63, 3.8) is 0 Å². The summed E-state index contributed by atoms with van der Waals surface area (Å²) in [6.45, 7) is 5.98. The molecule has 1 aromatic carbocycles. The Morgan fingerprint density at radius 1 is 1.08 bits per heavy atom. The Balaban J connectivity index is 1.54. The predicted molar refractivity (Wildman–Crippen MR) is 90.3 cm³/mol. The number of aromatic nitrogens is 2. The van der Waals surface area contributed by atoms with E-state index in [4.69, 9.17) is 4.74 Å². The lowest BCUT2D eigenvalue weighted by Crippen LogP contribution is -2.58. The van der Waals surface area contributed by atoms with Gasteiger partial charge in [0.15, 0.2) is 0 Å². The first kappa shape index (κ1) is 16.4. The second-order valence-electron chi connectivity index (χ2n) is 7.03. The maximum Gasteiger partial charge on any atom is 0.233 e. The second kappa shape index (κ2) is 6.33. The molecule has 25 heavy (non-hydrogen) atoms. The summed E-state index contributed by atoms with van der Waals surface area (Å²) in [5.74, 6) is 0.0139. The van der Waals surface area contributed by atoms with E-state index in [-0.39, 0.29) is 17.2 Å². The maximum absolute atomic E-state index is 14.1. The van der Waals surface area contributed by atoms with E-state index in [2.05, 4.69) is 22.0 Å². The monoisotopic (exact) mass is 345 g/mol. The van der Waals surface area contributed by atoms with Gasteiger partial charge in [0.2, 0.25) is 5.88 Å². The highest BCUT2D eigenvalue weighted by molar-refractivity contribution is 5.60. The summed E-state index contributed by atoms with van der Waals surface area (Å²) in [7, 11) is 0. The van der Waals surface area contributed by atoms with Crippen LogP contribution in [0.25, 0.3) is 11.3 Å². The molecule has 2 atom stereocenters. The molecule has 3 aliphatic heterocycles. The van der Waals surface area contributed by atoms with Crippen molar-refractivity contribution in [3.05, 3.63) is 41.5 Å². The Bertz CT molecular complexity index is 771. The average molecular weight is 345 g/mol. The normalized spacial score (nSPS) is 28.2. The van der Waals surface area contributed by atoms with E-state index < -0.39 is 11.6 Å². The molecular formula is C19H21F2N3O. The van der Waals surface area contributed by atoms with Crippen LogP contribution in [-0.2, 0) is 0 Å². The lowest BCUT2D eigenvalue weighted by molar-refractivity contribution is -0.0528. The van der Waals surface area contributed by atoms with E-state index in [1.807, 2.05) is 0 Å². The molecule has 132 valence electrons. The van der Waals surface area contributed by atoms with Crippen LogP contribution in [0.3, 0.4) is 0 Å². The van der Waals surface area contributed by atoms with Gasteiger partial charge in [-0.15, -0.1) is 10.2 Å². The number of piperidine rings is 3. The number of fused-ring (bicyclic) bond motifs is 3. The fraction of sp³-hybridized carbons (Fsp3) is 0.474. The molecule has 0 aliphatic carbocycles. The zero-order valence-electron chi connectivity index (χ0n) is 14.4. The van der Waals surface area contributed by atoms with Crippen molar-refractivity contribution < 1.29 is 13.5 Å². The van der Waals surface area contributed by atoms with Gasteiger partial charge in [0.05, 0.1) is 5.69 Å². The molecule has 3 fully saturated rings. The van der Waals surface area contributed by atoms with Crippen LogP contribution in [0.4, 0.5) is 8.78 Å². The van der Waals surface area contributed by atoms with Crippen LogP contribution >= 0.6 is 0 Å². The fourth-order valence-electron chi connectivity index (χ4n) is 3.96. The quantitative estimate of drug-likeness (QED) is 0.852. The molecular weight excluding hydrogens is 324 g/mol. The lowest BCUT2D eigenvalue weighted by atomic mass is 9.81. The Kier molecular flexibility index (Phi) is 4.15. The Morgan fingerprint density at radius 3 is 2.48 bits per heavy atom. The summed E-state index contributed by atoms with van der Waals surface area (Å²) in [6, 6.07) is 6.00. The predicted octanol–water partition coefficient (Wildman–Crippen LogP) is 3.59. The summed E-state index contributed by atoms with van der Waals surface area (Å²) in [6.07, 6.45) is 2.40. The first-order chi connectivity index (χ1) is 12.0. The molecule has 0 saturated carbocycles. The Labute approximate surface area is 145 Å². The topological polar surface area (TPSA) is 38.2 Å². The molecule has 0 spiro atoms. The molecule has 3 aliphatic rings. The number of nitrogens with zero attached hydrogens (tertiary/aromatic N) is 3. The largest absolute Gasteiger partial charge is 0.471 e. The van der Waals surface area contributed by atoms with Gasteiger partial charge in [-0.05, 0) is 69.5 Å². The number of hydrogen-bond acceptors (Lipinski definition) is 4. The summed E-state index contributed by atoms with van der Waals surface area (Å²) in [5.41, 5.74) is 0.676. The summed E-state index contributed by atoms with van der Waals surface area (Å²) >= 11 is 0. The van der Waals surface area contributed by atoms with Crippen LogP contribution in [-0.4, -0.2) is 40.3 Å². The van der Waals surface area contributed by atoms with Gasteiger partial charge in [-0.25, -0.2) is 8.78 Å². The highest BCUT2D eigenvalue weighted by atomic mass is 19.1. The number of ether oxygens (including phenoxy) is 1. The first-order valence-electron chi connectivity index (χ1n) is 8.73. The smallest absolute Gasteiger partial charge is 0.233 e. The van der Waals surface area contributed by atoms with Crippen molar-refractivity contribution in [1.29, 1.82) is 0 Å². The van der Waals surface area contributed by atoms with Gasteiger partial charge in [0.1, 0.15) is 17.7 Å². The highest BCUT2D eigenvalue weighted by Crippen LogP contribution is 2.34. The lowest BCUT2D eigenvalue weighted by Gasteiger charge is -2.48. The van der Waals surface area contributed by atoms with Gasteiger partial charge in [0, 0.05) is 17.7 Å². The number of benzene rings is 1. The van der Waals surface area contributed by atoms with Crippen LogP contribution in [0.15, 0.2) is 24.3 Å². The highest BCUT2D eigenvalue weighted by Gasteiger charge is 2.41. The third-order valence-corrected chi connectivity index (χ3v) is 5.51. The minimum atomic E-state index is -0.507. The van der Waals surface area contributed by atoms with Crippen LogP contribution in [0.1, 0.15) is 25.3 Å². The summed E-state index contributed by atoms with van der Waals surface area (Å²) in [5, 5.41) is 8.12. The Hall–Kier alpha value is -2.08. The van der Waals surface area contributed by atoms with Crippen LogP contribution in [0, 0.1) is 24.5 Å². The van der Waals surface area contributed by atoms with E-state index >= 15 is 0 Å². The van der Waals surface area contributed by atoms with Gasteiger partial charge < -0.3 is 4.74 Å². The molecule has 2 bridgehead atoms. The third kappa shape index (κ3) is 2.99. The zero-order chi connectivity index (χ0) is 17.6. The first-order valence-corrected chi connectivity index (χ1v) is 8.73. The number of rotatable bonds is 3. The number of halogens is 2. The minimum Gasteiger partial charge on any atom is -0.471 e. The summed E-state index contributed by atoms with van der Waals surface area (Å²) in [4.78, 5) is 2.44. The van der Waals surface area contributed by atoms with Gasteiger partial charge in [-0.3, -0.25) is 4.90 Å². The van der Waals surface area contributed by atoms with E-state index in [1.54, 1.807) is 12.1 Å². The van der Waals surface area contributed by atoms with Crippen LogP contribution in [0.5, 0.6) is 5.88 Å². The molecule has 6 heteroatoms. The molecule has 4 heterocycles. The Morgan fingerprint density at radius 2 is 1.84 bits per heavy atom. The SMILES string of the molecule is Cc1cc(F)c(-c2ccc(OC3C4CCN(CC4)C3C)nn2)cc1F. The van der Waals surface area contributed by atoms with Crippen molar-refractivity contribution in [3.8, 4) is 17.1 Å². The van der Waals surface area contributed by atoms with Crippen molar-refractivity contribution in [2.45, 2.75) is 38.8 Å². The van der Waals surface area contributed by atoms with Gasteiger partial charge >= 0.3 is 0 Å². The van der Waals surface area contributed by atoms with Crippen molar-refractivity contribution in [1.82, 2.24) is 15.1 Å². The standard InChI is InChI=1S/C19H21F2N3O/c1-11-9-16(21)14(10-15(11)20)17-3-4-18(23-22-17)25-19-12(2)24-7-5-13(19)6-8-24/h3-4,9-10,12-13,19H,5-8H2,1-2H3. The summed E-state index contributed by atoms with van der Waals surface area (Å²) < 4.78 is 33.9. The molecule has 0 radical (unpaired) electrons. The van der Waals surface area contributed by atoms with Crippen molar-refractivity contribution in [2.75, 3.05) is 13.1 Å². The molecule has 2 unspecified atom stereocenters. The second-order valence-corrected chi connectivity index (χ2v) is 7.03. The van der Waals surface area contributed by atoms with E-state index in [0.29, 0.717) is 23.5 Å². The fourth-order valence-corrected chi connectivity index (χ4v) is 3.96. The van der Waals surface area contributed by atoms with E-state index in [0.717, 1.165) is 32.0 Å². The minimum absolute atomic E-state index is 0.108. The molecule has 0 amide bonds. The molecule has 0 N–H and O–H groups in total. The number of aryl methyl sites for hydroxylation is 1. The maximum atomic E-state index is 14.1. The molecule has 3 saturated heterocycles. The molecule has 4 nitrogen and oxygen atoms in total. The van der Waals surface area contributed by atoms with Gasteiger partial charge in [-0.2, -0.15) is 0 Å². The van der Waals surface area contributed by atoms with E-state index in [1.165, 1.54) is 13.0 Å². The molecule has 2 aromatic rings. The van der Waals surface area contributed by atoms with Crippen LogP contribution in [0.2, 0.25) is 0 Å². The van der Waals surface area contributed by atoms with E-state index in [9.17, 15) is 8.78 Å². The van der Waals surface area contributed by atoms with Crippen molar-refractivity contribution >= 4 is 0 Å². The van der Waals surface area contributed by atoms with Crippen molar-refractivity contribution in [2.24, 2.45) is 5.92 Å². The molecule has 1 aromatic heterocycles.